The molecule has 0 N–H and O–H groups in total. The second-order valence-electron chi connectivity index (χ2n) is 2.55. The van der Waals surface area contributed by atoms with Crippen LogP contribution in [0.25, 0.3) is 5.32 Å². The number of hydrogen-bond donors (Lipinski definition) is 0. The molecule has 1 radical (unpaired) electrons. The number of nitrogens with zero attached hydrogens (tertiary/aromatic N) is 2. The molecule has 1 saturated heterocycles. The minimum atomic E-state index is 0. The summed E-state index contributed by atoms with van der Waals surface area (Å²) in [5, 5.41) is 4.19. The van der Waals surface area contributed by atoms with Crippen molar-refractivity contribution < 1.29 is 32.7 Å². The molecule has 0 saturated carbocycles. The van der Waals surface area contributed by atoms with Crippen LogP contribution in [0, 0.1) is 6.42 Å². The van der Waals surface area contributed by atoms with Gasteiger partial charge < -0.3 is 16.6 Å². The van der Waals surface area contributed by atoms with Crippen molar-refractivity contribution in [3.05, 3.63) is 11.7 Å². The van der Waals surface area contributed by atoms with Crippen LogP contribution in [0.3, 0.4) is 0 Å². The summed E-state index contributed by atoms with van der Waals surface area (Å²) in [4.78, 5) is 2.30. The molecule has 1 aliphatic rings. The maximum Gasteiger partial charge on any atom is 0 e. The van der Waals surface area contributed by atoms with Gasteiger partial charge in [0.15, 0.2) is 0 Å². The Bertz CT molecular complexity index is 63.1. The number of hydrogen-bond acceptors (Lipinski definition) is 1. The quantitative estimate of drug-likeness (QED) is 0.578. The van der Waals surface area contributed by atoms with Crippen molar-refractivity contribution in [2.24, 2.45) is 0 Å². The molecule has 65 valence electrons. The third-order valence-electron chi connectivity index (χ3n) is 1.28. The Morgan fingerprint density at radius 2 is 1.55 bits per heavy atom. The molecular formula is C8H18N2Y-2. The Morgan fingerprint density at radius 1 is 1.18 bits per heavy atom. The molecule has 0 aromatic carbocycles. The van der Waals surface area contributed by atoms with Crippen LogP contribution in [0.4, 0.5) is 0 Å². The summed E-state index contributed by atoms with van der Waals surface area (Å²) in [5.41, 5.74) is 0. The number of rotatable bonds is 0. The Hall–Kier alpha value is 1.02. The third kappa shape index (κ3) is 11.0. The molecule has 0 unspecified atom stereocenters. The minimum Gasteiger partial charge on any atom is -0.660 e. The molecule has 3 heteroatoms. The van der Waals surface area contributed by atoms with Crippen molar-refractivity contribution in [3.63, 3.8) is 0 Å². The second kappa shape index (κ2) is 11.0. The molecule has 0 atom stereocenters. The maximum absolute atomic E-state index is 4.19. The zero-order valence-corrected chi connectivity index (χ0v) is 10.7. The summed E-state index contributed by atoms with van der Waals surface area (Å²) < 4.78 is 0. The fourth-order valence-corrected chi connectivity index (χ4v) is 0.706. The van der Waals surface area contributed by atoms with Crippen LogP contribution in [0.2, 0.25) is 0 Å². The van der Waals surface area contributed by atoms with Gasteiger partial charge in [0.05, 0.1) is 0 Å². The van der Waals surface area contributed by atoms with E-state index in [1.807, 2.05) is 20.3 Å². The SMILES string of the molecule is CN1CC[N-]CC1.C[CH-]C.[Y]. The molecule has 0 aromatic rings. The molecule has 0 spiro atoms. The fraction of sp³-hybridized carbons (Fsp3) is 0.875. The number of piperazine rings is 1. The van der Waals surface area contributed by atoms with E-state index in [4.69, 9.17) is 0 Å². The van der Waals surface area contributed by atoms with E-state index in [-0.39, 0.29) is 32.7 Å². The Labute approximate surface area is 96.0 Å². The Balaban J connectivity index is 0. The molecule has 2 nitrogen and oxygen atoms in total. The molecule has 1 fully saturated rings. The van der Waals surface area contributed by atoms with Crippen molar-refractivity contribution in [1.29, 1.82) is 0 Å². The predicted octanol–water partition coefficient (Wildman–Crippen LogP) is 1.53. The zero-order chi connectivity index (χ0) is 7.82. The molecule has 1 heterocycles. The summed E-state index contributed by atoms with van der Waals surface area (Å²) in [6.45, 7) is 8.38. The van der Waals surface area contributed by atoms with E-state index in [0.717, 1.165) is 26.2 Å². The first-order valence-corrected chi connectivity index (χ1v) is 3.87. The molecule has 0 amide bonds. The van der Waals surface area contributed by atoms with Gasteiger partial charge in [-0.05, 0) is 20.1 Å². The van der Waals surface area contributed by atoms with Crippen molar-refractivity contribution in [1.82, 2.24) is 4.90 Å². The van der Waals surface area contributed by atoms with Gasteiger partial charge in [-0.3, -0.25) is 0 Å². The topological polar surface area (TPSA) is 17.3 Å². The summed E-state index contributed by atoms with van der Waals surface area (Å²) >= 11 is 0. The Morgan fingerprint density at radius 3 is 1.73 bits per heavy atom. The van der Waals surface area contributed by atoms with Crippen molar-refractivity contribution in [2.45, 2.75) is 13.8 Å². The summed E-state index contributed by atoms with van der Waals surface area (Å²) in [5.74, 6) is 0. The maximum atomic E-state index is 4.19. The molecule has 0 aliphatic carbocycles. The van der Waals surface area contributed by atoms with Gasteiger partial charge in [-0.25, -0.2) is 0 Å². The molecule has 0 aromatic heterocycles. The van der Waals surface area contributed by atoms with E-state index in [2.05, 4.69) is 17.3 Å². The van der Waals surface area contributed by atoms with E-state index >= 15 is 0 Å². The summed E-state index contributed by atoms with van der Waals surface area (Å²) in [7, 11) is 2.13. The van der Waals surface area contributed by atoms with Crippen LogP contribution in [0.15, 0.2) is 0 Å². The largest absolute Gasteiger partial charge is 0.660 e. The predicted molar refractivity (Wildman–Crippen MR) is 46.2 cm³/mol. The molecule has 11 heavy (non-hydrogen) atoms. The minimum absolute atomic E-state index is 0. The van der Waals surface area contributed by atoms with E-state index in [9.17, 15) is 0 Å². The Kier molecular flexibility index (Phi) is 14.6. The molecular weight excluding hydrogens is 213 g/mol. The monoisotopic (exact) mass is 231 g/mol. The van der Waals surface area contributed by atoms with Gasteiger partial charge in [0.2, 0.25) is 0 Å². The van der Waals surface area contributed by atoms with Gasteiger partial charge in [0.25, 0.3) is 0 Å². The third-order valence-corrected chi connectivity index (χ3v) is 1.28. The van der Waals surface area contributed by atoms with Gasteiger partial charge in [0.1, 0.15) is 0 Å². The first-order valence-electron chi connectivity index (χ1n) is 3.87. The molecule has 1 aliphatic heterocycles. The summed E-state index contributed by atoms with van der Waals surface area (Å²) in [6, 6.07) is 0. The van der Waals surface area contributed by atoms with Crippen LogP contribution in [-0.2, 0) is 32.7 Å². The van der Waals surface area contributed by atoms with Gasteiger partial charge >= 0.3 is 0 Å². The first kappa shape index (κ1) is 14.5. The molecule has 0 bridgehead atoms. The van der Waals surface area contributed by atoms with E-state index in [1.165, 1.54) is 0 Å². The summed E-state index contributed by atoms with van der Waals surface area (Å²) in [6.07, 6.45) is 2.00. The average molecular weight is 231 g/mol. The fourth-order valence-electron chi connectivity index (χ4n) is 0.706. The van der Waals surface area contributed by atoms with Crippen molar-refractivity contribution >= 4 is 0 Å². The standard InChI is InChI=1S/C5H11N2.C3H7.Y/c1-7-4-2-6-3-5-7;1-3-2;/h2-5H2,1H3;3H,1-2H3;/q2*-1;. The normalized spacial score (nSPS) is 17.7. The van der Waals surface area contributed by atoms with Crippen LogP contribution < -0.4 is 0 Å². The zero-order valence-electron chi connectivity index (χ0n) is 7.88. The van der Waals surface area contributed by atoms with E-state index in [1.54, 1.807) is 0 Å². The van der Waals surface area contributed by atoms with Crippen LogP contribution in [-0.4, -0.2) is 38.1 Å². The first-order chi connectivity index (χ1) is 4.81. The van der Waals surface area contributed by atoms with Gasteiger partial charge in [-0.2, -0.15) is 13.8 Å². The van der Waals surface area contributed by atoms with Crippen LogP contribution >= 0.6 is 0 Å². The van der Waals surface area contributed by atoms with Gasteiger partial charge in [-0.15, -0.1) is 13.1 Å². The van der Waals surface area contributed by atoms with Gasteiger partial charge in [-0.1, -0.05) is 0 Å². The van der Waals surface area contributed by atoms with Crippen molar-refractivity contribution in [3.8, 4) is 0 Å². The van der Waals surface area contributed by atoms with Crippen molar-refractivity contribution in [2.75, 3.05) is 33.2 Å². The van der Waals surface area contributed by atoms with Crippen LogP contribution in [0.5, 0.6) is 0 Å². The van der Waals surface area contributed by atoms with Gasteiger partial charge in [0, 0.05) is 32.7 Å². The van der Waals surface area contributed by atoms with E-state index < -0.39 is 0 Å². The smallest absolute Gasteiger partial charge is 0 e. The average Bonchev–Trinajstić information content (AvgIpc) is 1.91. The number of likely N-dealkylation sites (N-methyl/N-ethyl adjacent to an activating group) is 1. The molecule has 1 rings (SSSR count). The van der Waals surface area contributed by atoms with Crippen LogP contribution in [0.1, 0.15) is 13.8 Å². The van der Waals surface area contributed by atoms with E-state index in [0.29, 0.717) is 0 Å². The second-order valence-corrected chi connectivity index (χ2v) is 2.55.